The topological polar surface area (TPSA) is 16.4 Å². The molecular formula is C71H55NO. The Morgan fingerprint density at radius 2 is 0.932 bits per heavy atom. The van der Waals surface area contributed by atoms with Crippen LogP contribution in [-0.4, -0.2) is 0 Å². The summed E-state index contributed by atoms with van der Waals surface area (Å²) in [5, 5.41) is 4.64. The van der Waals surface area contributed by atoms with Gasteiger partial charge in [0.1, 0.15) is 11.2 Å². The molecule has 0 bridgehead atoms. The highest BCUT2D eigenvalue weighted by atomic mass is 16.3. The van der Waals surface area contributed by atoms with Gasteiger partial charge >= 0.3 is 0 Å². The van der Waals surface area contributed by atoms with Crippen molar-refractivity contribution in [1.29, 1.82) is 0 Å². The van der Waals surface area contributed by atoms with Crippen molar-refractivity contribution in [2.45, 2.75) is 45.4 Å². The van der Waals surface area contributed by atoms with Crippen LogP contribution < -0.4 is 4.90 Å². The van der Waals surface area contributed by atoms with Crippen LogP contribution in [-0.2, 0) is 10.8 Å². The molecule has 13 rings (SSSR count). The number of furan rings is 1. The highest BCUT2D eigenvalue weighted by Crippen LogP contribution is 2.53. The van der Waals surface area contributed by atoms with Crippen LogP contribution in [0.15, 0.2) is 247 Å². The van der Waals surface area contributed by atoms with E-state index < -0.39 is 0 Å². The van der Waals surface area contributed by atoms with E-state index in [9.17, 15) is 0 Å². The Morgan fingerprint density at radius 3 is 1.70 bits per heavy atom. The van der Waals surface area contributed by atoms with Crippen molar-refractivity contribution in [3.05, 3.63) is 259 Å². The van der Waals surface area contributed by atoms with Crippen molar-refractivity contribution < 1.29 is 4.42 Å². The van der Waals surface area contributed by atoms with Gasteiger partial charge in [0.25, 0.3) is 0 Å². The van der Waals surface area contributed by atoms with Crippen LogP contribution in [0.25, 0.3) is 99.5 Å². The molecule has 0 fully saturated rings. The average molecular weight is 938 g/mol. The Balaban J connectivity index is 1.00. The average Bonchev–Trinajstić information content (AvgIpc) is 3.93. The minimum Gasteiger partial charge on any atom is -0.455 e. The van der Waals surface area contributed by atoms with Crippen LogP contribution in [0, 0.1) is 0 Å². The summed E-state index contributed by atoms with van der Waals surface area (Å²) in [5.74, 6) is 0. The lowest BCUT2D eigenvalue weighted by atomic mass is 9.82. The van der Waals surface area contributed by atoms with Crippen molar-refractivity contribution in [3.63, 3.8) is 0 Å². The molecule has 0 unspecified atom stereocenters. The zero-order valence-electron chi connectivity index (χ0n) is 41.9. The lowest BCUT2D eigenvalue weighted by Crippen LogP contribution is -2.16. The van der Waals surface area contributed by atoms with E-state index in [1.165, 1.54) is 60.8 Å². The maximum Gasteiger partial charge on any atom is 0.143 e. The molecule has 1 aromatic heterocycles. The molecule has 0 radical (unpaired) electrons. The van der Waals surface area contributed by atoms with Gasteiger partial charge in [0.15, 0.2) is 0 Å². The number of fused-ring (bicyclic) bond motifs is 7. The molecule has 0 saturated carbocycles. The normalized spacial score (nSPS) is 12.8. The Bertz CT molecular complexity index is 4060. The maximum absolute atomic E-state index is 6.54. The molecule has 0 N–H and O–H groups in total. The summed E-state index contributed by atoms with van der Waals surface area (Å²) in [7, 11) is 0. The minimum atomic E-state index is -0.125. The number of hydrogen-bond donors (Lipinski definition) is 0. The fourth-order valence-corrected chi connectivity index (χ4v) is 11.6. The first-order chi connectivity index (χ1) is 35.6. The molecule has 0 aliphatic heterocycles. The Morgan fingerprint density at radius 1 is 0.370 bits per heavy atom. The van der Waals surface area contributed by atoms with E-state index in [-0.39, 0.29) is 10.8 Å². The van der Waals surface area contributed by atoms with E-state index in [0.717, 1.165) is 72.4 Å². The van der Waals surface area contributed by atoms with E-state index >= 15 is 0 Å². The van der Waals surface area contributed by atoms with E-state index in [1.54, 1.807) is 0 Å². The van der Waals surface area contributed by atoms with Gasteiger partial charge in [0, 0.05) is 38.6 Å². The molecule has 12 aromatic rings. The Kier molecular flexibility index (Phi) is 10.5. The van der Waals surface area contributed by atoms with E-state index in [0.29, 0.717) is 0 Å². The first-order valence-electron chi connectivity index (χ1n) is 25.6. The van der Waals surface area contributed by atoms with Gasteiger partial charge in [-0.1, -0.05) is 241 Å². The van der Waals surface area contributed by atoms with Crippen molar-refractivity contribution in [1.82, 2.24) is 0 Å². The van der Waals surface area contributed by atoms with Crippen LogP contribution in [0.5, 0.6) is 0 Å². The van der Waals surface area contributed by atoms with Gasteiger partial charge in [-0.3, -0.25) is 0 Å². The van der Waals surface area contributed by atoms with E-state index in [4.69, 9.17) is 4.42 Å². The molecule has 350 valence electrons. The second kappa shape index (κ2) is 17.3. The molecule has 0 spiro atoms. The summed E-state index contributed by atoms with van der Waals surface area (Å²) < 4.78 is 6.54. The standard InChI is InChI=1S/C71H55NO/c1-70(2,3)54-38-34-47(35-39-54)46-26-28-48(29-27-46)53-37-42-65(61(44-53)49-16-7-6-8-17-49)72(55-40-41-64-62(45-55)58-20-11-13-24-63(58)71(64,4)5)66-43-36-50-18-9-10-19-56(50)68(66)52-32-30-51(31-33-52)57-22-15-23-60-59-21-12-14-25-67(59)73-69(57)60/h6-45H,1-5H3. The molecule has 73 heavy (non-hydrogen) atoms. The molecule has 2 heteroatoms. The second-order valence-electron chi connectivity index (χ2n) is 21.3. The van der Waals surface area contributed by atoms with Gasteiger partial charge in [0.05, 0.1) is 11.4 Å². The minimum absolute atomic E-state index is 0.110. The molecule has 0 saturated heterocycles. The van der Waals surface area contributed by atoms with E-state index in [1.807, 2.05) is 6.07 Å². The zero-order valence-corrected chi connectivity index (χ0v) is 41.9. The number of hydrogen-bond acceptors (Lipinski definition) is 2. The third kappa shape index (κ3) is 7.56. The van der Waals surface area contributed by atoms with Crippen LogP contribution in [0.4, 0.5) is 17.1 Å². The Hall–Kier alpha value is -8.72. The van der Waals surface area contributed by atoms with Crippen LogP contribution in [0.1, 0.15) is 51.3 Å². The third-order valence-corrected chi connectivity index (χ3v) is 15.5. The first-order valence-corrected chi connectivity index (χ1v) is 25.6. The number of para-hydroxylation sites is 2. The smallest absolute Gasteiger partial charge is 0.143 e. The summed E-state index contributed by atoms with van der Waals surface area (Å²) in [5.41, 5.74) is 23.3. The predicted molar refractivity (Wildman–Crippen MR) is 309 cm³/mol. The number of rotatable bonds is 8. The number of nitrogens with zero attached hydrogens (tertiary/aromatic N) is 1. The van der Waals surface area contributed by atoms with Crippen molar-refractivity contribution >= 4 is 49.8 Å². The van der Waals surface area contributed by atoms with Crippen LogP contribution >= 0.6 is 0 Å². The van der Waals surface area contributed by atoms with Gasteiger partial charge in [-0.2, -0.15) is 0 Å². The number of benzene rings is 11. The summed E-state index contributed by atoms with van der Waals surface area (Å²) >= 11 is 0. The van der Waals surface area contributed by atoms with Crippen molar-refractivity contribution in [2.24, 2.45) is 0 Å². The third-order valence-electron chi connectivity index (χ3n) is 15.5. The van der Waals surface area contributed by atoms with E-state index in [2.05, 4.69) is 276 Å². The SMILES string of the molecule is CC(C)(C)c1ccc(-c2ccc(-c3ccc(N(c4ccc5c(c4)-c4ccccc4C5(C)C)c4ccc5ccccc5c4-c4ccc(-c5cccc6c5oc5ccccc56)cc4)c(-c4ccccc4)c3)cc2)cc1. The fourth-order valence-electron chi connectivity index (χ4n) is 11.6. The molecule has 0 atom stereocenters. The predicted octanol–water partition coefficient (Wildman–Crippen LogP) is 20.1. The first kappa shape index (κ1) is 44.2. The molecule has 1 aliphatic carbocycles. The monoisotopic (exact) mass is 937 g/mol. The highest BCUT2D eigenvalue weighted by molar-refractivity contribution is 6.10. The second-order valence-corrected chi connectivity index (χ2v) is 21.3. The lowest BCUT2D eigenvalue weighted by Gasteiger charge is -2.32. The van der Waals surface area contributed by atoms with Gasteiger partial charge in [-0.25, -0.2) is 0 Å². The molecular weight excluding hydrogens is 883 g/mol. The molecule has 11 aromatic carbocycles. The van der Waals surface area contributed by atoms with Gasteiger partial charge < -0.3 is 9.32 Å². The van der Waals surface area contributed by atoms with Gasteiger partial charge in [0.2, 0.25) is 0 Å². The summed E-state index contributed by atoms with van der Waals surface area (Å²) in [6.07, 6.45) is 0. The van der Waals surface area contributed by atoms with Crippen molar-refractivity contribution in [3.8, 4) is 66.8 Å². The van der Waals surface area contributed by atoms with Gasteiger partial charge in [-0.15, -0.1) is 0 Å². The van der Waals surface area contributed by atoms with Crippen LogP contribution in [0.2, 0.25) is 0 Å². The summed E-state index contributed by atoms with van der Waals surface area (Å²) in [6.45, 7) is 11.5. The van der Waals surface area contributed by atoms with Gasteiger partial charge in [-0.05, 0) is 119 Å². The zero-order chi connectivity index (χ0) is 49.4. The molecule has 1 heterocycles. The fraction of sp³-hybridized carbons (Fsp3) is 0.0986. The summed E-state index contributed by atoms with van der Waals surface area (Å²) in [6, 6.07) is 89.5. The highest BCUT2D eigenvalue weighted by Gasteiger charge is 2.36. The molecule has 2 nitrogen and oxygen atoms in total. The largest absolute Gasteiger partial charge is 0.455 e. The number of anilines is 3. The maximum atomic E-state index is 6.54. The summed E-state index contributed by atoms with van der Waals surface area (Å²) in [4.78, 5) is 2.52. The lowest BCUT2D eigenvalue weighted by molar-refractivity contribution is 0.590. The molecule has 1 aliphatic rings. The Labute approximate surface area is 428 Å². The quantitative estimate of drug-likeness (QED) is 0.151. The molecule has 0 amide bonds. The van der Waals surface area contributed by atoms with Crippen LogP contribution in [0.3, 0.4) is 0 Å². The van der Waals surface area contributed by atoms with Crippen molar-refractivity contribution in [2.75, 3.05) is 4.90 Å².